The van der Waals surface area contributed by atoms with Crippen LogP contribution in [0.4, 0.5) is 23.7 Å². The smallest absolute Gasteiger partial charge is 0.424 e. The second kappa shape index (κ2) is 5.79. The predicted molar refractivity (Wildman–Crippen MR) is 80.1 cm³/mol. The van der Waals surface area contributed by atoms with Crippen LogP contribution in [0.3, 0.4) is 0 Å². The first-order valence-electron chi connectivity index (χ1n) is 6.68. The summed E-state index contributed by atoms with van der Waals surface area (Å²) in [5.74, 6) is -3.56. The number of benzene rings is 2. The van der Waals surface area contributed by atoms with Crippen molar-refractivity contribution < 1.29 is 27.4 Å². The molecule has 24 heavy (non-hydrogen) atoms. The monoisotopic (exact) mass is 358 g/mol. The molecule has 0 saturated heterocycles. The van der Waals surface area contributed by atoms with Gasteiger partial charge in [-0.25, -0.2) is 4.79 Å². The highest BCUT2D eigenvalue weighted by molar-refractivity contribution is 6.30. The van der Waals surface area contributed by atoms with E-state index in [4.69, 9.17) is 21.1 Å². The molecule has 1 heterocycles. The molecule has 0 fully saturated rings. The minimum atomic E-state index is -5.02. The third-order valence-electron chi connectivity index (χ3n) is 3.09. The fraction of sp³-hybridized carbons (Fsp3) is 0.133. The number of ether oxygens (including phenoxy) is 2. The van der Waals surface area contributed by atoms with Gasteiger partial charge in [-0.05, 0) is 30.3 Å². The molecule has 126 valence electrons. The van der Waals surface area contributed by atoms with Gasteiger partial charge in [0, 0.05) is 10.7 Å². The number of rotatable bonds is 2. The minimum absolute atomic E-state index is 0.127. The Morgan fingerprint density at radius 2 is 1.67 bits per heavy atom. The lowest BCUT2D eigenvalue weighted by atomic mass is 10.3. The molecule has 1 aliphatic rings. The number of carbonyl (C=O) groups excluding carboxylic acids is 1. The summed E-state index contributed by atoms with van der Waals surface area (Å²) >= 11 is 5.76. The largest absolute Gasteiger partial charge is 0.492 e. The molecule has 0 atom stereocenters. The van der Waals surface area contributed by atoms with Gasteiger partial charge in [-0.1, -0.05) is 29.8 Å². The molecule has 2 amide bonds. The van der Waals surface area contributed by atoms with E-state index in [0.717, 1.165) is 0 Å². The maximum absolute atomic E-state index is 13.4. The number of carbonyl (C=O) groups is 1. The van der Waals surface area contributed by atoms with E-state index < -0.39 is 18.1 Å². The van der Waals surface area contributed by atoms with Crippen LogP contribution in [0.5, 0.6) is 11.5 Å². The van der Waals surface area contributed by atoms with E-state index in [2.05, 4.69) is 5.32 Å². The molecule has 0 aliphatic carbocycles. The summed E-state index contributed by atoms with van der Waals surface area (Å²) in [6, 6.07) is 10.4. The van der Waals surface area contributed by atoms with Crippen LogP contribution in [0.15, 0.2) is 48.5 Å². The Bertz CT molecular complexity index is 758. The number of urea groups is 1. The number of hydrogen-bond donors (Lipinski definition) is 2. The summed E-state index contributed by atoms with van der Waals surface area (Å²) in [6.45, 7) is 0. The number of hydrogen-bond acceptors (Lipinski definition) is 3. The Labute approximate surface area is 139 Å². The van der Waals surface area contributed by atoms with Crippen LogP contribution >= 0.6 is 11.6 Å². The highest BCUT2D eigenvalue weighted by Crippen LogP contribution is 2.44. The van der Waals surface area contributed by atoms with E-state index in [1.165, 1.54) is 42.5 Å². The van der Waals surface area contributed by atoms with E-state index in [9.17, 15) is 18.0 Å². The van der Waals surface area contributed by atoms with E-state index in [0.29, 0.717) is 5.02 Å². The minimum Gasteiger partial charge on any atom is -0.424 e. The van der Waals surface area contributed by atoms with Crippen molar-refractivity contribution in [3.8, 4) is 11.5 Å². The van der Waals surface area contributed by atoms with Crippen molar-refractivity contribution in [1.82, 2.24) is 5.32 Å². The Kier molecular flexibility index (Phi) is 3.92. The van der Waals surface area contributed by atoms with Gasteiger partial charge in [0.25, 0.3) is 0 Å². The Hall–Kier alpha value is -2.61. The topological polar surface area (TPSA) is 59.6 Å². The fourth-order valence-corrected chi connectivity index (χ4v) is 2.26. The SMILES string of the molecule is O=C(Nc1cccc(Cl)c1)NC1(C(F)(F)F)Oc2ccccc2O1. The van der Waals surface area contributed by atoms with Gasteiger partial charge in [-0.15, -0.1) is 0 Å². The van der Waals surface area contributed by atoms with Crippen molar-refractivity contribution >= 4 is 23.3 Å². The summed E-state index contributed by atoms with van der Waals surface area (Å²) in [7, 11) is 0. The van der Waals surface area contributed by atoms with Crippen LogP contribution in [0, 0.1) is 0 Å². The van der Waals surface area contributed by atoms with Gasteiger partial charge in [0.1, 0.15) is 0 Å². The molecule has 1 aliphatic heterocycles. The summed E-state index contributed by atoms with van der Waals surface area (Å²) in [5, 5.41) is 4.24. The molecule has 0 radical (unpaired) electrons. The van der Waals surface area contributed by atoms with Crippen LogP contribution in [0.2, 0.25) is 5.02 Å². The quantitative estimate of drug-likeness (QED) is 0.848. The van der Waals surface area contributed by atoms with Gasteiger partial charge in [-0.3, -0.25) is 5.32 Å². The lowest BCUT2D eigenvalue weighted by Crippen LogP contribution is -2.65. The summed E-state index contributed by atoms with van der Waals surface area (Å²) in [4.78, 5) is 12.0. The van der Waals surface area contributed by atoms with Gasteiger partial charge < -0.3 is 14.8 Å². The van der Waals surface area contributed by atoms with E-state index >= 15 is 0 Å². The Morgan fingerprint density at radius 3 is 2.21 bits per heavy atom. The number of alkyl halides is 3. The molecule has 5 nitrogen and oxygen atoms in total. The van der Waals surface area contributed by atoms with Gasteiger partial charge >= 0.3 is 18.1 Å². The van der Waals surface area contributed by atoms with E-state index in [1.807, 2.05) is 0 Å². The molecule has 9 heteroatoms. The molecule has 2 aromatic carbocycles. The fourth-order valence-electron chi connectivity index (χ4n) is 2.06. The van der Waals surface area contributed by atoms with Crippen molar-refractivity contribution in [3.05, 3.63) is 53.6 Å². The molecule has 0 aromatic heterocycles. The second-order valence-corrected chi connectivity index (χ2v) is 5.29. The first-order valence-corrected chi connectivity index (χ1v) is 7.05. The maximum atomic E-state index is 13.4. The van der Waals surface area contributed by atoms with Gasteiger partial charge in [0.2, 0.25) is 0 Å². The van der Waals surface area contributed by atoms with Gasteiger partial charge in [0.05, 0.1) is 0 Å². The Morgan fingerprint density at radius 1 is 1.04 bits per heavy atom. The van der Waals surface area contributed by atoms with E-state index in [1.54, 1.807) is 11.4 Å². The van der Waals surface area contributed by atoms with Crippen molar-refractivity contribution in [1.29, 1.82) is 0 Å². The number of amides is 2. The van der Waals surface area contributed by atoms with E-state index in [-0.39, 0.29) is 17.2 Å². The molecule has 2 N–H and O–H groups in total. The maximum Gasteiger partial charge on any atom is 0.492 e. The zero-order valence-electron chi connectivity index (χ0n) is 11.9. The number of para-hydroxylation sites is 2. The average molecular weight is 359 g/mol. The summed E-state index contributed by atoms with van der Waals surface area (Å²) in [6.07, 6.45) is -5.02. The lowest BCUT2D eigenvalue weighted by molar-refractivity contribution is -0.317. The van der Waals surface area contributed by atoms with Crippen molar-refractivity contribution in [2.24, 2.45) is 0 Å². The molecular formula is C15H10ClF3N2O3. The molecule has 0 saturated carbocycles. The zero-order chi connectivity index (χ0) is 17.4. The number of halogens is 4. The molecule has 2 aromatic rings. The summed E-state index contributed by atoms with van der Waals surface area (Å²) < 4.78 is 50.0. The summed E-state index contributed by atoms with van der Waals surface area (Å²) in [5.41, 5.74) is 0.216. The number of nitrogens with one attached hydrogen (secondary N) is 2. The molecular weight excluding hydrogens is 349 g/mol. The second-order valence-electron chi connectivity index (χ2n) is 4.85. The number of anilines is 1. The van der Waals surface area contributed by atoms with Crippen LogP contribution < -0.4 is 20.1 Å². The molecule has 3 rings (SSSR count). The third kappa shape index (κ3) is 3.05. The lowest BCUT2D eigenvalue weighted by Gasteiger charge is -2.29. The normalized spacial score (nSPS) is 15.0. The third-order valence-corrected chi connectivity index (χ3v) is 3.33. The van der Waals surface area contributed by atoms with Crippen molar-refractivity contribution in [2.75, 3.05) is 5.32 Å². The molecule has 0 unspecified atom stereocenters. The standard InChI is InChI=1S/C15H10ClF3N2O3/c16-9-4-3-5-10(8-9)20-13(22)21-15(14(17,18)19)23-11-6-1-2-7-12(11)24-15/h1-8H,(H2,20,21,22). The Balaban J connectivity index is 1.81. The zero-order valence-corrected chi connectivity index (χ0v) is 12.6. The average Bonchev–Trinajstić information content (AvgIpc) is 2.85. The van der Waals surface area contributed by atoms with Crippen LogP contribution in [-0.2, 0) is 0 Å². The van der Waals surface area contributed by atoms with Crippen LogP contribution in [0.1, 0.15) is 0 Å². The van der Waals surface area contributed by atoms with Crippen LogP contribution in [-0.4, -0.2) is 18.1 Å². The van der Waals surface area contributed by atoms with Crippen LogP contribution in [0.25, 0.3) is 0 Å². The van der Waals surface area contributed by atoms with Gasteiger partial charge in [0.15, 0.2) is 11.5 Å². The highest BCUT2D eigenvalue weighted by Gasteiger charge is 2.65. The highest BCUT2D eigenvalue weighted by atomic mass is 35.5. The van der Waals surface area contributed by atoms with Crippen molar-refractivity contribution in [3.63, 3.8) is 0 Å². The molecule has 0 spiro atoms. The van der Waals surface area contributed by atoms with Crippen molar-refractivity contribution in [2.45, 2.75) is 12.1 Å². The van der Waals surface area contributed by atoms with Gasteiger partial charge in [-0.2, -0.15) is 13.2 Å². The molecule has 0 bridgehead atoms. The first-order chi connectivity index (χ1) is 11.3. The first kappa shape index (κ1) is 16.3. The predicted octanol–water partition coefficient (Wildman–Crippen LogP) is 4.15. The number of fused-ring (bicyclic) bond motifs is 1.